The molecule has 5 heterocycles. The molecule has 2 aliphatic rings. The molecule has 2 saturated heterocycles. The molecule has 2 fully saturated rings. The van der Waals surface area contributed by atoms with E-state index in [1.165, 1.54) is 30.8 Å². The molecule has 0 aromatic carbocycles. The summed E-state index contributed by atoms with van der Waals surface area (Å²) in [5, 5.41) is 0.801. The fourth-order valence-electron chi connectivity index (χ4n) is 5.14. The Bertz CT molecular complexity index is 1200. The van der Waals surface area contributed by atoms with Gasteiger partial charge in [-0.1, -0.05) is 0 Å². The van der Waals surface area contributed by atoms with E-state index in [-0.39, 0.29) is 5.56 Å². The summed E-state index contributed by atoms with van der Waals surface area (Å²) in [6.07, 6.45) is 6.32. The zero-order valence-electron chi connectivity index (χ0n) is 20.5. The molecule has 0 spiro atoms. The van der Waals surface area contributed by atoms with Crippen molar-refractivity contribution in [3.63, 3.8) is 0 Å². The monoisotopic (exact) mass is 481 g/mol. The lowest BCUT2D eigenvalue weighted by Crippen LogP contribution is -2.49. The van der Waals surface area contributed by atoms with E-state index >= 15 is 0 Å². The number of aromatic nitrogens is 2. The highest BCUT2D eigenvalue weighted by molar-refractivity contribution is 7.19. The molecule has 5 rings (SSSR count). The lowest BCUT2D eigenvalue weighted by atomic mass is 10.1. The third kappa shape index (κ3) is 5.05. The minimum Gasteiger partial charge on any atom is -0.476 e. The van der Waals surface area contributed by atoms with Gasteiger partial charge in [0.25, 0.3) is 5.56 Å². The molecule has 0 radical (unpaired) electrons. The summed E-state index contributed by atoms with van der Waals surface area (Å²) in [5.41, 5.74) is 2.16. The molecule has 182 valence electrons. The fourth-order valence-corrected chi connectivity index (χ4v) is 6.35. The number of hydrogen-bond acceptors (Lipinski definition) is 7. The Balaban J connectivity index is 1.39. The van der Waals surface area contributed by atoms with E-state index < -0.39 is 0 Å². The van der Waals surface area contributed by atoms with Crippen LogP contribution >= 0.6 is 11.3 Å². The predicted octanol–water partition coefficient (Wildman–Crippen LogP) is 3.27. The average Bonchev–Trinajstić information content (AvgIpc) is 3.49. The number of aryl methyl sites for hydroxylation is 1. The van der Waals surface area contributed by atoms with Crippen molar-refractivity contribution in [2.75, 3.05) is 52.9 Å². The first-order valence-electron chi connectivity index (χ1n) is 12.3. The van der Waals surface area contributed by atoms with Gasteiger partial charge in [0.1, 0.15) is 6.61 Å². The molecule has 7 nitrogen and oxygen atoms in total. The van der Waals surface area contributed by atoms with E-state index in [1.54, 1.807) is 22.1 Å². The van der Waals surface area contributed by atoms with Gasteiger partial charge < -0.3 is 14.2 Å². The summed E-state index contributed by atoms with van der Waals surface area (Å²) >= 11 is 1.74. The number of pyridine rings is 2. The number of fused-ring (bicyclic) bond motifs is 1. The smallest absolute Gasteiger partial charge is 0.259 e. The molecule has 8 heteroatoms. The van der Waals surface area contributed by atoms with Crippen LogP contribution in [0.3, 0.4) is 0 Å². The number of nitrogens with zero attached hydrogens (tertiary/aromatic N) is 5. The van der Waals surface area contributed by atoms with Crippen LogP contribution in [-0.4, -0.2) is 83.2 Å². The van der Waals surface area contributed by atoms with Crippen LogP contribution in [0.4, 0.5) is 0 Å². The molecule has 0 saturated carbocycles. The van der Waals surface area contributed by atoms with Crippen molar-refractivity contribution in [3.8, 4) is 17.0 Å². The first-order valence-corrected chi connectivity index (χ1v) is 13.2. The van der Waals surface area contributed by atoms with E-state index in [0.717, 1.165) is 53.9 Å². The normalized spacial score (nSPS) is 20.4. The number of likely N-dealkylation sites (N-methyl/N-ethyl adjacent to an activating group) is 1. The van der Waals surface area contributed by atoms with Crippen molar-refractivity contribution in [3.05, 3.63) is 45.8 Å². The van der Waals surface area contributed by atoms with Crippen LogP contribution < -0.4 is 10.3 Å². The number of thiophene rings is 1. The standard InChI is InChI=1S/C26H35N5O2S/c1-19-16-28(2)10-11-31(19)17-21-15-22-25(34-21)23(18-29(3)26(22)32)20-6-7-27-24(14-20)33-13-12-30-8-4-5-9-30/h6-7,14-15,18-19H,4-5,8-13,16-17H2,1-3H3/t19-/m1/s1. The maximum absolute atomic E-state index is 13.0. The lowest BCUT2D eigenvalue weighted by Gasteiger charge is -2.37. The highest BCUT2D eigenvalue weighted by Gasteiger charge is 2.23. The van der Waals surface area contributed by atoms with Gasteiger partial charge >= 0.3 is 0 Å². The number of likely N-dealkylation sites (tertiary alicyclic amines) is 1. The summed E-state index contributed by atoms with van der Waals surface area (Å²) in [5.74, 6) is 0.641. The Labute approximate surface area is 205 Å². The molecule has 0 amide bonds. The summed E-state index contributed by atoms with van der Waals surface area (Å²) < 4.78 is 8.74. The van der Waals surface area contributed by atoms with Crippen LogP contribution in [0, 0.1) is 0 Å². The quantitative estimate of drug-likeness (QED) is 0.516. The Morgan fingerprint density at radius 1 is 1.15 bits per heavy atom. The molecular formula is C26H35N5O2S. The van der Waals surface area contributed by atoms with Crippen LogP contribution in [0.5, 0.6) is 5.88 Å². The SMILES string of the molecule is C[C@@H]1CN(C)CCN1Cc1cc2c(=O)n(C)cc(-c3ccnc(OCCN4CCCC4)c3)c2s1. The first kappa shape index (κ1) is 23.5. The summed E-state index contributed by atoms with van der Waals surface area (Å²) in [6, 6.07) is 6.62. The second-order valence-corrected chi connectivity index (χ2v) is 10.9. The topological polar surface area (TPSA) is 53.8 Å². The molecule has 0 unspecified atom stereocenters. The Morgan fingerprint density at radius 2 is 1.97 bits per heavy atom. The van der Waals surface area contributed by atoms with Gasteiger partial charge in [-0.15, -0.1) is 11.3 Å². The van der Waals surface area contributed by atoms with E-state index in [0.29, 0.717) is 18.5 Å². The zero-order valence-corrected chi connectivity index (χ0v) is 21.3. The maximum Gasteiger partial charge on any atom is 0.259 e. The highest BCUT2D eigenvalue weighted by atomic mass is 32.1. The third-order valence-corrected chi connectivity index (χ3v) is 8.28. The summed E-state index contributed by atoms with van der Waals surface area (Å²) in [6.45, 7) is 10.3. The van der Waals surface area contributed by atoms with Crippen molar-refractivity contribution < 1.29 is 4.74 Å². The third-order valence-electron chi connectivity index (χ3n) is 7.13. The predicted molar refractivity (Wildman–Crippen MR) is 139 cm³/mol. The number of hydrogen-bond donors (Lipinski definition) is 0. The first-order chi connectivity index (χ1) is 16.5. The van der Waals surface area contributed by atoms with Crippen LogP contribution in [-0.2, 0) is 13.6 Å². The largest absolute Gasteiger partial charge is 0.476 e. The molecule has 0 aliphatic carbocycles. The van der Waals surface area contributed by atoms with Crippen molar-refractivity contribution in [2.45, 2.75) is 32.4 Å². The zero-order chi connectivity index (χ0) is 23.7. The van der Waals surface area contributed by atoms with Gasteiger partial charge in [0, 0.05) is 79.4 Å². The molecular weight excluding hydrogens is 446 g/mol. The van der Waals surface area contributed by atoms with E-state index in [9.17, 15) is 4.79 Å². The van der Waals surface area contributed by atoms with Gasteiger partial charge in [0.2, 0.25) is 5.88 Å². The number of piperazine rings is 1. The van der Waals surface area contributed by atoms with Gasteiger partial charge in [-0.3, -0.25) is 14.6 Å². The Hall–Kier alpha value is -2.26. The Kier molecular flexibility index (Phi) is 7.01. The Morgan fingerprint density at radius 3 is 2.76 bits per heavy atom. The molecule has 1 atom stereocenters. The van der Waals surface area contributed by atoms with E-state index in [1.807, 2.05) is 25.4 Å². The van der Waals surface area contributed by atoms with E-state index in [4.69, 9.17) is 4.74 Å². The van der Waals surface area contributed by atoms with Crippen LogP contribution in [0.15, 0.2) is 35.4 Å². The number of ether oxygens (including phenoxy) is 1. The summed E-state index contributed by atoms with van der Waals surface area (Å²) in [7, 11) is 4.02. The molecule has 3 aromatic heterocycles. The summed E-state index contributed by atoms with van der Waals surface area (Å²) in [4.78, 5) is 26.0. The second kappa shape index (κ2) is 10.2. The highest BCUT2D eigenvalue weighted by Crippen LogP contribution is 2.35. The van der Waals surface area contributed by atoms with Crippen molar-refractivity contribution >= 4 is 21.4 Å². The fraction of sp³-hybridized carbons (Fsp3) is 0.538. The van der Waals surface area contributed by atoms with Crippen molar-refractivity contribution in [1.29, 1.82) is 0 Å². The molecule has 34 heavy (non-hydrogen) atoms. The molecule has 0 bridgehead atoms. The van der Waals surface area contributed by atoms with Crippen LogP contribution in [0.2, 0.25) is 0 Å². The van der Waals surface area contributed by atoms with Crippen LogP contribution in [0.1, 0.15) is 24.6 Å². The van der Waals surface area contributed by atoms with Gasteiger partial charge in [0.05, 0.1) is 5.39 Å². The molecule has 3 aromatic rings. The van der Waals surface area contributed by atoms with Gasteiger partial charge in [-0.25, -0.2) is 4.98 Å². The minimum absolute atomic E-state index is 0.0591. The minimum atomic E-state index is 0.0591. The lowest BCUT2D eigenvalue weighted by molar-refractivity contribution is 0.0948. The van der Waals surface area contributed by atoms with Crippen LogP contribution in [0.25, 0.3) is 21.2 Å². The van der Waals surface area contributed by atoms with E-state index in [2.05, 4.69) is 39.7 Å². The van der Waals surface area contributed by atoms with Gasteiger partial charge in [0.15, 0.2) is 0 Å². The maximum atomic E-state index is 13.0. The van der Waals surface area contributed by atoms with Crippen molar-refractivity contribution in [2.24, 2.45) is 7.05 Å². The van der Waals surface area contributed by atoms with Crippen molar-refractivity contribution in [1.82, 2.24) is 24.3 Å². The van der Waals surface area contributed by atoms with Gasteiger partial charge in [-0.2, -0.15) is 0 Å². The average molecular weight is 482 g/mol. The second-order valence-electron chi connectivity index (χ2n) is 9.78. The molecule has 2 aliphatic heterocycles. The van der Waals surface area contributed by atoms with Gasteiger partial charge in [-0.05, 0) is 57.6 Å². The number of rotatable bonds is 7. The molecule has 0 N–H and O–H groups in total.